The second-order valence-corrected chi connectivity index (χ2v) is 9.05. The maximum absolute atomic E-state index is 12.2. The first-order valence-electron chi connectivity index (χ1n) is 11.3. The van der Waals surface area contributed by atoms with Gasteiger partial charge in [-0.2, -0.15) is 0 Å². The van der Waals surface area contributed by atoms with Crippen LogP contribution in [0.1, 0.15) is 43.5 Å². The van der Waals surface area contributed by atoms with E-state index in [-0.39, 0.29) is 0 Å². The minimum absolute atomic E-state index is 0.305. The first-order valence-corrected chi connectivity index (χ1v) is 12.3. The molecule has 7 heteroatoms. The van der Waals surface area contributed by atoms with Crippen molar-refractivity contribution in [3.8, 4) is 11.4 Å². The Balaban J connectivity index is 1.41. The van der Waals surface area contributed by atoms with Gasteiger partial charge in [-0.1, -0.05) is 42.1 Å². The molecule has 0 saturated carbocycles. The van der Waals surface area contributed by atoms with Gasteiger partial charge in [0.25, 0.3) is 0 Å². The molecule has 0 N–H and O–H groups in total. The summed E-state index contributed by atoms with van der Waals surface area (Å²) in [6.07, 6.45) is 5.54. The van der Waals surface area contributed by atoms with Gasteiger partial charge in [0.2, 0.25) is 5.91 Å². The second kappa shape index (κ2) is 11.2. The summed E-state index contributed by atoms with van der Waals surface area (Å²) in [5, 5.41) is 9.89. The zero-order chi connectivity index (χ0) is 22.2. The molecule has 6 nitrogen and oxygen atoms in total. The topological polar surface area (TPSA) is 60.2 Å². The normalized spacial score (nSPS) is 13.5. The lowest BCUT2D eigenvalue weighted by atomic mass is 10.1. The summed E-state index contributed by atoms with van der Waals surface area (Å²) < 4.78 is 7.45. The molecule has 1 aliphatic heterocycles. The summed E-state index contributed by atoms with van der Waals surface area (Å²) in [4.78, 5) is 14.2. The van der Waals surface area contributed by atoms with Crippen LogP contribution < -0.4 is 4.74 Å². The Morgan fingerprint density at radius 2 is 1.75 bits per heavy atom. The summed E-state index contributed by atoms with van der Waals surface area (Å²) in [7, 11) is 1.67. The summed E-state index contributed by atoms with van der Waals surface area (Å²) >= 11 is 1.70. The van der Waals surface area contributed by atoms with Crippen molar-refractivity contribution in [3.05, 3.63) is 66.0 Å². The molecule has 1 fully saturated rings. The van der Waals surface area contributed by atoms with Crippen LogP contribution in [0.4, 0.5) is 0 Å². The SMILES string of the molecule is COc1ccc(-n2c(Cc3ccccc3)nnc2SCCCCC(=O)N2CCCC2)cc1. The molecule has 3 aromatic rings. The Kier molecular flexibility index (Phi) is 7.82. The van der Waals surface area contributed by atoms with E-state index in [0.717, 1.165) is 66.9 Å². The van der Waals surface area contributed by atoms with Crippen molar-refractivity contribution in [1.29, 1.82) is 0 Å². The Bertz CT molecular complexity index is 999. The van der Waals surface area contributed by atoms with E-state index in [1.165, 1.54) is 5.56 Å². The Hall–Kier alpha value is -2.80. The number of aromatic nitrogens is 3. The van der Waals surface area contributed by atoms with E-state index in [1.807, 2.05) is 47.4 Å². The molecule has 4 rings (SSSR count). The van der Waals surface area contributed by atoms with Gasteiger partial charge in [-0.25, -0.2) is 0 Å². The van der Waals surface area contributed by atoms with Crippen molar-refractivity contribution in [2.24, 2.45) is 0 Å². The van der Waals surface area contributed by atoms with Crippen LogP contribution >= 0.6 is 11.8 Å². The van der Waals surface area contributed by atoms with Crippen LogP contribution in [-0.2, 0) is 11.2 Å². The number of hydrogen-bond acceptors (Lipinski definition) is 5. The van der Waals surface area contributed by atoms with Gasteiger partial charge >= 0.3 is 0 Å². The number of nitrogens with zero attached hydrogens (tertiary/aromatic N) is 4. The van der Waals surface area contributed by atoms with Gasteiger partial charge < -0.3 is 9.64 Å². The molecule has 1 aliphatic rings. The number of carbonyl (C=O) groups is 1. The predicted molar refractivity (Wildman–Crippen MR) is 128 cm³/mol. The van der Waals surface area contributed by atoms with Crippen molar-refractivity contribution >= 4 is 17.7 Å². The fourth-order valence-electron chi connectivity index (χ4n) is 3.94. The highest BCUT2D eigenvalue weighted by molar-refractivity contribution is 7.99. The van der Waals surface area contributed by atoms with Crippen LogP contribution in [0.3, 0.4) is 0 Å². The van der Waals surface area contributed by atoms with Gasteiger partial charge in [-0.15, -0.1) is 10.2 Å². The van der Waals surface area contributed by atoms with Gasteiger partial charge in [0.15, 0.2) is 5.16 Å². The van der Waals surface area contributed by atoms with Crippen LogP contribution in [0.2, 0.25) is 0 Å². The van der Waals surface area contributed by atoms with E-state index >= 15 is 0 Å². The highest BCUT2D eigenvalue weighted by atomic mass is 32.2. The minimum Gasteiger partial charge on any atom is -0.497 e. The van der Waals surface area contributed by atoms with E-state index < -0.39 is 0 Å². The third-order valence-corrected chi connectivity index (χ3v) is 6.73. The molecule has 168 valence electrons. The predicted octanol–water partition coefficient (Wildman–Crippen LogP) is 4.75. The molecule has 1 aromatic heterocycles. The molecule has 0 aliphatic carbocycles. The third kappa shape index (κ3) is 5.71. The maximum atomic E-state index is 12.2. The Morgan fingerprint density at radius 1 is 1.00 bits per heavy atom. The van der Waals surface area contributed by atoms with E-state index in [2.05, 4.69) is 26.9 Å². The standard InChI is InChI=1S/C25H30N4O2S/c1-31-22-14-12-21(13-15-22)29-23(19-20-9-3-2-4-10-20)26-27-25(29)32-18-8-5-11-24(30)28-16-6-7-17-28/h2-4,9-10,12-15H,5-8,11,16-19H2,1H3. The lowest BCUT2D eigenvalue weighted by Gasteiger charge is -2.14. The fourth-order valence-corrected chi connectivity index (χ4v) is 4.91. The smallest absolute Gasteiger partial charge is 0.222 e. The number of carbonyl (C=O) groups excluding carboxylic acids is 1. The van der Waals surface area contributed by atoms with Gasteiger partial charge in [-0.05, 0) is 55.5 Å². The molecule has 2 aromatic carbocycles. The van der Waals surface area contributed by atoms with Crippen molar-refractivity contribution in [1.82, 2.24) is 19.7 Å². The zero-order valence-electron chi connectivity index (χ0n) is 18.6. The van der Waals surface area contributed by atoms with E-state index in [4.69, 9.17) is 4.74 Å². The highest BCUT2D eigenvalue weighted by Gasteiger charge is 2.18. The number of unbranched alkanes of at least 4 members (excludes halogenated alkanes) is 1. The molecule has 1 amide bonds. The number of ether oxygens (including phenoxy) is 1. The van der Waals surface area contributed by atoms with Crippen molar-refractivity contribution < 1.29 is 9.53 Å². The number of likely N-dealkylation sites (tertiary alicyclic amines) is 1. The monoisotopic (exact) mass is 450 g/mol. The average Bonchev–Trinajstić information content (AvgIpc) is 3.50. The van der Waals surface area contributed by atoms with Crippen molar-refractivity contribution in [2.45, 2.75) is 43.7 Å². The molecule has 0 spiro atoms. The lowest BCUT2D eigenvalue weighted by molar-refractivity contribution is -0.130. The minimum atomic E-state index is 0.305. The van der Waals surface area contributed by atoms with E-state index in [1.54, 1.807) is 18.9 Å². The van der Waals surface area contributed by atoms with Gasteiger partial charge in [-0.3, -0.25) is 9.36 Å². The van der Waals surface area contributed by atoms with Crippen molar-refractivity contribution in [3.63, 3.8) is 0 Å². The van der Waals surface area contributed by atoms with Crippen LogP contribution in [0.15, 0.2) is 59.8 Å². The molecule has 2 heterocycles. The summed E-state index contributed by atoms with van der Waals surface area (Å²) in [5.74, 6) is 2.95. The quantitative estimate of drug-likeness (QED) is 0.329. The largest absolute Gasteiger partial charge is 0.497 e. The molecular formula is C25H30N4O2S. The first kappa shape index (κ1) is 22.4. The van der Waals surface area contributed by atoms with Gasteiger partial charge in [0, 0.05) is 37.4 Å². The first-order chi connectivity index (χ1) is 15.7. The zero-order valence-corrected chi connectivity index (χ0v) is 19.4. The summed E-state index contributed by atoms with van der Waals surface area (Å²) in [6.45, 7) is 1.87. The number of benzene rings is 2. The Morgan fingerprint density at radius 3 is 2.47 bits per heavy atom. The Labute approximate surface area is 194 Å². The second-order valence-electron chi connectivity index (χ2n) is 7.99. The van der Waals surface area contributed by atoms with Crippen LogP contribution in [0.5, 0.6) is 5.75 Å². The number of amides is 1. The summed E-state index contributed by atoms with van der Waals surface area (Å²) in [5.41, 5.74) is 2.22. The lowest BCUT2D eigenvalue weighted by Crippen LogP contribution is -2.27. The van der Waals surface area contributed by atoms with Crippen LogP contribution in [0, 0.1) is 0 Å². The highest BCUT2D eigenvalue weighted by Crippen LogP contribution is 2.26. The molecule has 1 saturated heterocycles. The van der Waals surface area contributed by atoms with E-state index in [9.17, 15) is 4.79 Å². The fraction of sp³-hybridized carbons (Fsp3) is 0.400. The average molecular weight is 451 g/mol. The number of hydrogen-bond donors (Lipinski definition) is 0. The van der Waals surface area contributed by atoms with Gasteiger partial charge in [0.05, 0.1) is 7.11 Å². The molecule has 0 radical (unpaired) electrons. The molecule has 0 bridgehead atoms. The third-order valence-electron chi connectivity index (χ3n) is 5.71. The number of thioether (sulfide) groups is 1. The molecular weight excluding hydrogens is 420 g/mol. The maximum Gasteiger partial charge on any atom is 0.222 e. The molecule has 0 atom stereocenters. The summed E-state index contributed by atoms with van der Waals surface area (Å²) in [6, 6.07) is 18.3. The van der Waals surface area contributed by atoms with Crippen LogP contribution in [-0.4, -0.2) is 51.5 Å². The molecule has 0 unspecified atom stereocenters. The number of methoxy groups -OCH3 is 1. The molecule has 32 heavy (non-hydrogen) atoms. The van der Waals surface area contributed by atoms with Gasteiger partial charge in [0.1, 0.15) is 11.6 Å². The van der Waals surface area contributed by atoms with Crippen molar-refractivity contribution in [2.75, 3.05) is 26.0 Å². The number of rotatable bonds is 10. The van der Waals surface area contributed by atoms with Crippen LogP contribution in [0.25, 0.3) is 5.69 Å². The van der Waals surface area contributed by atoms with E-state index in [0.29, 0.717) is 18.7 Å².